The van der Waals surface area contributed by atoms with Crippen LogP contribution in [0.2, 0.25) is 0 Å². The summed E-state index contributed by atoms with van der Waals surface area (Å²) in [6, 6.07) is 18.5. The van der Waals surface area contributed by atoms with Gasteiger partial charge in [-0.3, -0.25) is 0 Å². The largest absolute Gasteiger partial charge is 0.512 e. The SMILES string of the molecule is CC(O)=CP(=O)(c1ccccc1)c1ccccc1. The second-order valence-electron chi connectivity index (χ2n) is 4.10. The predicted molar refractivity (Wildman–Crippen MR) is 76.1 cm³/mol. The third kappa shape index (κ3) is 2.55. The van der Waals surface area contributed by atoms with E-state index in [0.29, 0.717) is 0 Å². The Balaban J connectivity index is 2.63. The van der Waals surface area contributed by atoms with Crippen molar-refractivity contribution in [1.29, 1.82) is 0 Å². The van der Waals surface area contributed by atoms with Crippen molar-refractivity contribution in [2.24, 2.45) is 0 Å². The first-order valence-electron chi connectivity index (χ1n) is 5.72. The van der Waals surface area contributed by atoms with Crippen LogP contribution in [0.4, 0.5) is 0 Å². The van der Waals surface area contributed by atoms with Gasteiger partial charge in [-0.1, -0.05) is 60.7 Å². The van der Waals surface area contributed by atoms with E-state index < -0.39 is 7.14 Å². The summed E-state index contributed by atoms with van der Waals surface area (Å²) in [6.07, 6.45) is 0. The normalized spacial score (nSPS) is 12.4. The minimum atomic E-state index is -2.89. The van der Waals surface area contributed by atoms with Crippen LogP contribution in [0.3, 0.4) is 0 Å². The average Bonchev–Trinajstić information content (AvgIpc) is 2.40. The minimum absolute atomic E-state index is 0.0750. The van der Waals surface area contributed by atoms with Crippen molar-refractivity contribution < 1.29 is 9.67 Å². The molecular weight excluding hydrogens is 243 g/mol. The first kappa shape index (κ1) is 12.7. The average molecular weight is 258 g/mol. The molecule has 0 heterocycles. The topological polar surface area (TPSA) is 37.3 Å². The Bertz CT molecular complexity index is 541. The van der Waals surface area contributed by atoms with Gasteiger partial charge >= 0.3 is 0 Å². The van der Waals surface area contributed by atoms with E-state index in [9.17, 15) is 9.67 Å². The van der Waals surface area contributed by atoms with Crippen molar-refractivity contribution >= 4 is 17.8 Å². The summed E-state index contributed by atoms with van der Waals surface area (Å²) < 4.78 is 13.2. The predicted octanol–water partition coefficient (Wildman–Crippen LogP) is 3.42. The summed E-state index contributed by atoms with van der Waals surface area (Å²) in [4.78, 5) is 0. The van der Waals surface area contributed by atoms with Crippen LogP contribution in [-0.4, -0.2) is 5.11 Å². The fourth-order valence-corrected chi connectivity index (χ4v) is 4.21. The molecule has 2 nitrogen and oxygen atoms in total. The monoisotopic (exact) mass is 258 g/mol. The number of hydrogen-bond donors (Lipinski definition) is 1. The fraction of sp³-hybridized carbons (Fsp3) is 0.0667. The number of aliphatic hydroxyl groups is 1. The highest BCUT2D eigenvalue weighted by atomic mass is 31.2. The molecule has 18 heavy (non-hydrogen) atoms. The number of benzene rings is 2. The zero-order valence-corrected chi connectivity index (χ0v) is 11.0. The van der Waals surface area contributed by atoms with Gasteiger partial charge < -0.3 is 9.67 Å². The lowest BCUT2D eigenvalue weighted by molar-refractivity contribution is 0.415. The molecule has 1 N–H and O–H groups in total. The Morgan fingerprint density at radius 3 is 1.67 bits per heavy atom. The van der Waals surface area contributed by atoms with E-state index in [2.05, 4.69) is 0 Å². The lowest BCUT2D eigenvalue weighted by Gasteiger charge is -2.15. The van der Waals surface area contributed by atoms with Gasteiger partial charge in [-0.05, 0) is 6.92 Å². The molecule has 2 aromatic rings. The van der Waals surface area contributed by atoms with Crippen molar-refractivity contribution in [3.05, 3.63) is 72.2 Å². The molecule has 3 heteroatoms. The molecule has 0 bridgehead atoms. The van der Waals surface area contributed by atoms with Gasteiger partial charge in [-0.15, -0.1) is 0 Å². The van der Waals surface area contributed by atoms with E-state index in [-0.39, 0.29) is 5.76 Å². The van der Waals surface area contributed by atoms with Gasteiger partial charge in [0, 0.05) is 16.4 Å². The molecule has 92 valence electrons. The highest BCUT2D eigenvalue weighted by Crippen LogP contribution is 2.45. The van der Waals surface area contributed by atoms with E-state index in [4.69, 9.17) is 0 Å². The maximum Gasteiger partial charge on any atom is 0.167 e. The molecule has 0 saturated heterocycles. The summed E-state index contributed by atoms with van der Waals surface area (Å²) >= 11 is 0. The zero-order chi connectivity index (χ0) is 13.0. The highest BCUT2D eigenvalue weighted by Gasteiger charge is 2.24. The molecule has 0 aliphatic rings. The summed E-state index contributed by atoms with van der Waals surface area (Å²) in [5.41, 5.74) is 0. The molecule has 0 amide bonds. The number of hydrogen-bond acceptors (Lipinski definition) is 2. The Morgan fingerprint density at radius 2 is 1.33 bits per heavy atom. The summed E-state index contributed by atoms with van der Waals surface area (Å²) in [5.74, 6) is 1.53. The smallest absolute Gasteiger partial charge is 0.167 e. The summed E-state index contributed by atoms with van der Waals surface area (Å²) in [5, 5.41) is 11.0. The van der Waals surface area contributed by atoms with Gasteiger partial charge in [-0.2, -0.15) is 0 Å². The second-order valence-corrected chi connectivity index (χ2v) is 6.71. The maximum absolute atomic E-state index is 13.2. The van der Waals surface area contributed by atoms with Crippen LogP contribution in [-0.2, 0) is 4.57 Å². The molecule has 2 aromatic carbocycles. The first-order valence-corrected chi connectivity index (χ1v) is 7.50. The molecular formula is C15H15O2P. The van der Waals surface area contributed by atoms with Gasteiger partial charge in [0.1, 0.15) is 0 Å². The first-order chi connectivity index (χ1) is 8.63. The molecule has 0 aromatic heterocycles. The van der Waals surface area contributed by atoms with Crippen molar-refractivity contribution in [1.82, 2.24) is 0 Å². The van der Waals surface area contributed by atoms with E-state index >= 15 is 0 Å². The van der Waals surface area contributed by atoms with Crippen LogP contribution < -0.4 is 10.6 Å². The van der Waals surface area contributed by atoms with Crippen LogP contribution >= 0.6 is 7.14 Å². The molecule has 0 fully saturated rings. The summed E-state index contributed by atoms with van der Waals surface area (Å²) in [6.45, 7) is 1.54. The van der Waals surface area contributed by atoms with Gasteiger partial charge in [0.25, 0.3) is 0 Å². The van der Waals surface area contributed by atoms with Gasteiger partial charge in [0.2, 0.25) is 0 Å². The van der Waals surface area contributed by atoms with E-state index in [1.165, 1.54) is 5.82 Å². The molecule has 0 spiro atoms. The molecule has 0 saturated carbocycles. The Labute approximate surface area is 107 Å². The summed E-state index contributed by atoms with van der Waals surface area (Å²) in [7, 11) is -2.89. The van der Waals surface area contributed by atoms with Crippen molar-refractivity contribution in [2.45, 2.75) is 6.92 Å². The number of allylic oxidation sites excluding steroid dienone is 1. The zero-order valence-electron chi connectivity index (χ0n) is 10.2. The molecule has 0 atom stereocenters. The van der Waals surface area contributed by atoms with Gasteiger partial charge in [0.05, 0.1) is 5.76 Å². The Hall–Kier alpha value is -1.79. The second kappa shape index (κ2) is 5.24. The van der Waals surface area contributed by atoms with Crippen LogP contribution in [0.15, 0.2) is 72.2 Å². The lowest BCUT2D eigenvalue weighted by atomic mass is 10.4. The molecule has 0 aliphatic heterocycles. The molecule has 0 aliphatic carbocycles. The highest BCUT2D eigenvalue weighted by molar-refractivity contribution is 7.81. The quantitative estimate of drug-likeness (QED) is 0.676. The van der Waals surface area contributed by atoms with Crippen molar-refractivity contribution in [2.75, 3.05) is 0 Å². The van der Waals surface area contributed by atoms with Crippen molar-refractivity contribution in [3.8, 4) is 0 Å². The maximum atomic E-state index is 13.2. The standard InChI is InChI=1S/C15H15O2P/c1-13(16)12-18(17,14-8-4-2-5-9-14)15-10-6-3-7-11-15/h2-12,16H,1H3. The third-order valence-electron chi connectivity index (χ3n) is 2.65. The van der Waals surface area contributed by atoms with Crippen LogP contribution in [0.25, 0.3) is 0 Å². The van der Waals surface area contributed by atoms with Crippen LogP contribution in [0, 0.1) is 0 Å². The third-order valence-corrected chi connectivity index (χ3v) is 5.52. The number of rotatable bonds is 3. The Morgan fingerprint density at radius 1 is 0.944 bits per heavy atom. The van der Waals surface area contributed by atoms with Crippen LogP contribution in [0.5, 0.6) is 0 Å². The van der Waals surface area contributed by atoms with Gasteiger partial charge in [0.15, 0.2) is 7.14 Å². The lowest BCUT2D eigenvalue weighted by Crippen LogP contribution is -2.14. The molecule has 0 radical (unpaired) electrons. The minimum Gasteiger partial charge on any atom is -0.512 e. The molecule has 0 unspecified atom stereocenters. The number of aliphatic hydroxyl groups excluding tert-OH is 1. The van der Waals surface area contributed by atoms with Crippen molar-refractivity contribution in [3.63, 3.8) is 0 Å². The van der Waals surface area contributed by atoms with E-state index in [1.807, 2.05) is 60.7 Å². The Kier molecular flexibility index (Phi) is 3.69. The van der Waals surface area contributed by atoms with E-state index in [1.54, 1.807) is 6.92 Å². The van der Waals surface area contributed by atoms with Gasteiger partial charge in [-0.25, -0.2) is 0 Å². The molecule has 2 rings (SSSR count). The van der Waals surface area contributed by atoms with Crippen LogP contribution in [0.1, 0.15) is 6.92 Å². The fourth-order valence-electron chi connectivity index (χ4n) is 1.86. The van der Waals surface area contributed by atoms with E-state index in [0.717, 1.165) is 10.6 Å².